The minimum absolute atomic E-state index is 0.0106. The second-order valence-electron chi connectivity index (χ2n) is 4.40. The van der Waals surface area contributed by atoms with Crippen LogP contribution in [0.3, 0.4) is 0 Å². The highest BCUT2D eigenvalue weighted by Crippen LogP contribution is 2.32. The van der Waals surface area contributed by atoms with Crippen molar-refractivity contribution in [2.45, 2.75) is 45.6 Å². The summed E-state index contributed by atoms with van der Waals surface area (Å²) < 4.78 is 0. The highest BCUT2D eigenvalue weighted by Gasteiger charge is 2.39. The molecule has 1 heterocycles. The van der Waals surface area contributed by atoms with Crippen LogP contribution >= 0.6 is 0 Å². The summed E-state index contributed by atoms with van der Waals surface area (Å²) in [4.78, 5) is 13.6. The molecule has 1 aliphatic rings. The summed E-state index contributed by atoms with van der Waals surface area (Å²) in [6.45, 7) is 11.0. The Labute approximate surface area is 80.6 Å². The molecule has 1 rings (SSSR count). The first-order chi connectivity index (χ1) is 5.99. The van der Waals surface area contributed by atoms with Crippen LogP contribution in [0, 0.1) is 0 Å². The van der Waals surface area contributed by atoms with Crippen LogP contribution in [0.25, 0.3) is 0 Å². The Morgan fingerprint density at radius 3 is 2.54 bits per heavy atom. The molecule has 0 saturated carbocycles. The lowest BCUT2D eigenvalue weighted by molar-refractivity contribution is -0.128. The highest BCUT2D eigenvalue weighted by atomic mass is 16.2. The zero-order valence-corrected chi connectivity index (χ0v) is 8.89. The summed E-state index contributed by atoms with van der Waals surface area (Å²) in [6, 6.07) is 0. The van der Waals surface area contributed by atoms with Gasteiger partial charge in [0.2, 0.25) is 5.91 Å². The van der Waals surface area contributed by atoms with Crippen molar-refractivity contribution in [2.24, 2.45) is 0 Å². The van der Waals surface area contributed by atoms with E-state index in [0.29, 0.717) is 0 Å². The van der Waals surface area contributed by atoms with Crippen LogP contribution in [0.15, 0.2) is 12.2 Å². The van der Waals surface area contributed by atoms with Gasteiger partial charge in [0.25, 0.3) is 0 Å². The second kappa shape index (κ2) is 3.52. The lowest BCUT2D eigenvalue weighted by Crippen LogP contribution is -2.41. The lowest BCUT2D eigenvalue weighted by Gasteiger charge is -2.31. The predicted octanol–water partition coefficient (Wildman–Crippen LogP) is 2.35. The number of likely N-dealkylation sites (tertiary alicyclic amines) is 1. The van der Waals surface area contributed by atoms with Crippen LogP contribution in [0.1, 0.15) is 40.0 Å². The maximum Gasteiger partial charge on any atom is 0.249 e. The van der Waals surface area contributed by atoms with Gasteiger partial charge in [0.15, 0.2) is 0 Å². The summed E-state index contributed by atoms with van der Waals surface area (Å²) in [7, 11) is 0. The number of rotatable bonds is 3. The van der Waals surface area contributed by atoms with E-state index in [2.05, 4.69) is 27.4 Å². The van der Waals surface area contributed by atoms with Crippen molar-refractivity contribution in [1.82, 2.24) is 4.90 Å². The van der Waals surface area contributed by atoms with Gasteiger partial charge in [-0.15, -0.1) is 0 Å². The van der Waals surface area contributed by atoms with Gasteiger partial charge in [-0.25, -0.2) is 0 Å². The van der Waals surface area contributed by atoms with Gasteiger partial charge in [-0.1, -0.05) is 19.9 Å². The number of carbonyl (C=O) groups excluding carboxylic acids is 1. The van der Waals surface area contributed by atoms with E-state index in [1.807, 2.05) is 4.90 Å². The number of hydrogen-bond acceptors (Lipinski definition) is 1. The number of nitrogens with zero attached hydrogens (tertiary/aromatic N) is 1. The molecule has 1 aliphatic heterocycles. The SMILES string of the molecule is C=C1CC(C)(C)N(CCCC)C1=O. The molecule has 1 fully saturated rings. The molecule has 0 aromatic heterocycles. The van der Waals surface area contributed by atoms with Gasteiger partial charge in [0.05, 0.1) is 0 Å². The number of hydrogen-bond donors (Lipinski definition) is 0. The van der Waals surface area contributed by atoms with E-state index in [9.17, 15) is 4.79 Å². The topological polar surface area (TPSA) is 20.3 Å². The monoisotopic (exact) mass is 181 g/mol. The van der Waals surface area contributed by atoms with Crippen LogP contribution in [0.4, 0.5) is 0 Å². The minimum Gasteiger partial charge on any atom is -0.333 e. The Morgan fingerprint density at radius 1 is 1.54 bits per heavy atom. The molecule has 0 aromatic carbocycles. The van der Waals surface area contributed by atoms with E-state index in [1.54, 1.807) is 0 Å². The van der Waals surface area contributed by atoms with Gasteiger partial charge in [0, 0.05) is 24.1 Å². The van der Waals surface area contributed by atoms with E-state index in [0.717, 1.165) is 31.4 Å². The van der Waals surface area contributed by atoms with E-state index in [-0.39, 0.29) is 11.4 Å². The van der Waals surface area contributed by atoms with Crippen molar-refractivity contribution in [3.63, 3.8) is 0 Å². The van der Waals surface area contributed by atoms with E-state index in [1.165, 1.54) is 0 Å². The van der Waals surface area contributed by atoms with Gasteiger partial charge in [-0.2, -0.15) is 0 Å². The highest BCUT2D eigenvalue weighted by molar-refractivity contribution is 5.96. The van der Waals surface area contributed by atoms with E-state index < -0.39 is 0 Å². The average Bonchev–Trinajstić information content (AvgIpc) is 2.20. The smallest absolute Gasteiger partial charge is 0.249 e. The van der Waals surface area contributed by atoms with Gasteiger partial charge >= 0.3 is 0 Å². The molecule has 74 valence electrons. The zero-order chi connectivity index (χ0) is 10.1. The fourth-order valence-corrected chi connectivity index (χ4v) is 1.88. The first kappa shape index (κ1) is 10.3. The Kier molecular flexibility index (Phi) is 2.79. The fourth-order valence-electron chi connectivity index (χ4n) is 1.88. The Hall–Kier alpha value is -0.790. The predicted molar refractivity (Wildman–Crippen MR) is 54.5 cm³/mol. The third kappa shape index (κ3) is 1.93. The van der Waals surface area contributed by atoms with Gasteiger partial charge in [-0.05, 0) is 20.3 Å². The first-order valence-electron chi connectivity index (χ1n) is 4.99. The molecule has 0 radical (unpaired) electrons. The molecule has 0 bridgehead atoms. The molecule has 0 atom stereocenters. The molecule has 0 aromatic rings. The molecular formula is C11H19NO. The maximum absolute atomic E-state index is 11.7. The molecule has 0 aliphatic carbocycles. The normalized spacial score (nSPS) is 21.3. The second-order valence-corrected chi connectivity index (χ2v) is 4.40. The maximum atomic E-state index is 11.7. The summed E-state index contributed by atoms with van der Waals surface area (Å²) >= 11 is 0. The van der Waals surface area contributed by atoms with Gasteiger partial charge < -0.3 is 4.90 Å². The third-order valence-corrected chi connectivity index (χ3v) is 2.66. The molecular weight excluding hydrogens is 162 g/mol. The Balaban J connectivity index is 2.69. The van der Waals surface area contributed by atoms with Crippen molar-refractivity contribution in [3.05, 3.63) is 12.2 Å². The van der Waals surface area contributed by atoms with Crippen molar-refractivity contribution >= 4 is 5.91 Å². The van der Waals surface area contributed by atoms with Crippen molar-refractivity contribution in [3.8, 4) is 0 Å². The largest absolute Gasteiger partial charge is 0.333 e. The van der Waals surface area contributed by atoms with Crippen LogP contribution in [-0.4, -0.2) is 22.9 Å². The summed E-state index contributed by atoms with van der Waals surface area (Å²) in [5, 5.41) is 0. The molecule has 0 spiro atoms. The van der Waals surface area contributed by atoms with Crippen molar-refractivity contribution < 1.29 is 4.79 Å². The van der Waals surface area contributed by atoms with Crippen LogP contribution in [0.2, 0.25) is 0 Å². The molecule has 1 amide bonds. The zero-order valence-electron chi connectivity index (χ0n) is 8.89. The number of carbonyl (C=O) groups is 1. The summed E-state index contributed by atoms with van der Waals surface area (Å²) in [6.07, 6.45) is 3.03. The lowest BCUT2D eigenvalue weighted by atomic mass is 10.0. The average molecular weight is 181 g/mol. The molecule has 1 saturated heterocycles. The van der Waals surface area contributed by atoms with Gasteiger partial charge in [0.1, 0.15) is 0 Å². The van der Waals surface area contributed by atoms with Crippen LogP contribution in [-0.2, 0) is 4.79 Å². The number of amides is 1. The summed E-state index contributed by atoms with van der Waals surface area (Å²) in [5.41, 5.74) is 0.754. The first-order valence-corrected chi connectivity index (χ1v) is 4.99. The Bertz CT molecular complexity index is 230. The standard InChI is InChI=1S/C11H19NO/c1-5-6-7-12-10(13)9(2)8-11(12,3)4/h2,5-8H2,1,3-4H3. The molecule has 0 unspecified atom stereocenters. The van der Waals surface area contributed by atoms with Crippen molar-refractivity contribution in [2.75, 3.05) is 6.54 Å². The number of unbranched alkanes of at least 4 members (excludes halogenated alkanes) is 1. The molecule has 2 nitrogen and oxygen atoms in total. The van der Waals surface area contributed by atoms with E-state index in [4.69, 9.17) is 0 Å². The molecule has 13 heavy (non-hydrogen) atoms. The van der Waals surface area contributed by atoms with Crippen LogP contribution < -0.4 is 0 Å². The van der Waals surface area contributed by atoms with Crippen molar-refractivity contribution in [1.29, 1.82) is 0 Å². The van der Waals surface area contributed by atoms with Crippen LogP contribution in [0.5, 0.6) is 0 Å². The minimum atomic E-state index is -0.0106. The quantitative estimate of drug-likeness (QED) is 0.612. The Morgan fingerprint density at radius 2 is 2.15 bits per heavy atom. The summed E-state index contributed by atoms with van der Waals surface area (Å²) in [5.74, 6) is 0.151. The molecule has 0 N–H and O–H groups in total. The van der Waals surface area contributed by atoms with E-state index >= 15 is 0 Å². The van der Waals surface area contributed by atoms with Gasteiger partial charge in [-0.3, -0.25) is 4.79 Å². The third-order valence-electron chi connectivity index (χ3n) is 2.66. The fraction of sp³-hybridized carbons (Fsp3) is 0.727. The molecule has 2 heteroatoms.